The van der Waals surface area contributed by atoms with E-state index in [1.165, 1.54) is 26.0 Å². The summed E-state index contributed by atoms with van der Waals surface area (Å²) in [4.78, 5) is 3.52. The van der Waals surface area contributed by atoms with Crippen LogP contribution in [0.1, 0.15) is 31.3 Å². The average Bonchev–Trinajstić information content (AvgIpc) is 2.75. The van der Waals surface area contributed by atoms with Gasteiger partial charge < -0.3 is 10.3 Å². The van der Waals surface area contributed by atoms with Gasteiger partial charge in [-0.3, -0.25) is 0 Å². The molecule has 1 heterocycles. The zero-order valence-electron chi connectivity index (χ0n) is 11.4. The first-order valence-electron chi connectivity index (χ1n) is 6.25. The van der Waals surface area contributed by atoms with Crippen LogP contribution in [-0.2, 0) is 12.5 Å². The van der Waals surface area contributed by atoms with Crippen molar-refractivity contribution in [1.29, 1.82) is 0 Å². The first-order chi connectivity index (χ1) is 9.59. The minimum Gasteiger partial charge on any atom is -0.326 e. The lowest BCUT2D eigenvalue weighted by atomic mass is 10.2. The summed E-state index contributed by atoms with van der Waals surface area (Å²) in [6, 6.07) is 3.87. The second kappa shape index (κ2) is 4.94. The molecule has 0 atom stereocenters. The molecule has 0 saturated heterocycles. The van der Waals surface area contributed by atoms with Gasteiger partial charge in [0.15, 0.2) is 5.82 Å². The lowest BCUT2D eigenvalue weighted by molar-refractivity contribution is -0.293. The van der Waals surface area contributed by atoms with Crippen molar-refractivity contribution in [2.24, 2.45) is 5.73 Å². The molecule has 0 amide bonds. The Morgan fingerprint density at radius 3 is 2.29 bits per heavy atom. The van der Waals surface area contributed by atoms with E-state index in [9.17, 15) is 22.0 Å². The van der Waals surface area contributed by atoms with E-state index in [-0.39, 0.29) is 17.6 Å². The first kappa shape index (κ1) is 15.7. The molecule has 0 radical (unpaired) electrons. The third kappa shape index (κ3) is 2.48. The number of aromatic nitrogens is 2. The minimum atomic E-state index is -5.70. The Kier molecular flexibility index (Phi) is 3.69. The molecule has 3 nitrogen and oxygen atoms in total. The molecule has 0 bridgehead atoms. The second-order valence-corrected chi connectivity index (χ2v) is 5.00. The topological polar surface area (TPSA) is 43.8 Å². The summed E-state index contributed by atoms with van der Waals surface area (Å²) in [6.45, 7) is 3.19. The van der Waals surface area contributed by atoms with Crippen LogP contribution in [0.15, 0.2) is 18.2 Å². The molecule has 21 heavy (non-hydrogen) atoms. The van der Waals surface area contributed by atoms with Crippen molar-refractivity contribution in [3.63, 3.8) is 0 Å². The number of benzene rings is 1. The molecule has 116 valence electrons. The third-order valence-electron chi connectivity index (χ3n) is 3.14. The van der Waals surface area contributed by atoms with Gasteiger partial charge in [-0.2, -0.15) is 22.0 Å². The number of nitrogens with zero attached hydrogens (tertiary/aromatic N) is 2. The van der Waals surface area contributed by atoms with Crippen molar-refractivity contribution in [1.82, 2.24) is 9.55 Å². The van der Waals surface area contributed by atoms with Crippen LogP contribution in [0.5, 0.6) is 0 Å². The van der Waals surface area contributed by atoms with Gasteiger partial charge in [-0.1, -0.05) is 6.07 Å². The van der Waals surface area contributed by atoms with E-state index in [2.05, 4.69) is 4.98 Å². The van der Waals surface area contributed by atoms with Gasteiger partial charge in [0.05, 0.1) is 11.0 Å². The molecule has 0 saturated carbocycles. The maximum Gasteiger partial charge on any atom is 0.461 e. The predicted octanol–water partition coefficient (Wildman–Crippen LogP) is 3.73. The minimum absolute atomic E-state index is 0.0746. The summed E-state index contributed by atoms with van der Waals surface area (Å²) in [6.07, 6.45) is -5.70. The van der Waals surface area contributed by atoms with Gasteiger partial charge in [-0.25, -0.2) is 4.98 Å². The van der Waals surface area contributed by atoms with Gasteiger partial charge in [0.1, 0.15) is 0 Å². The van der Waals surface area contributed by atoms with Crippen LogP contribution in [0.3, 0.4) is 0 Å². The van der Waals surface area contributed by atoms with Crippen molar-refractivity contribution in [3.05, 3.63) is 29.6 Å². The Morgan fingerprint density at radius 2 is 1.81 bits per heavy atom. The lowest BCUT2D eigenvalue weighted by Crippen LogP contribution is -2.36. The Balaban J connectivity index is 2.77. The van der Waals surface area contributed by atoms with E-state index in [4.69, 9.17) is 5.73 Å². The number of hydrogen-bond donors (Lipinski definition) is 1. The second-order valence-electron chi connectivity index (χ2n) is 5.00. The highest BCUT2D eigenvalue weighted by molar-refractivity contribution is 5.77. The zero-order valence-corrected chi connectivity index (χ0v) is 11.4. The van der Waals surface area contributed by atoms with Gasteiger partial charge in [0.25, 0.3) is 0 Å². The molecule has 0 fully saturated rings. The van der Waals surface area contributed by atoms with Crippen LogP contribution in [-0.4, -0.2) is 15.7 Å². The molecule has 8 heteroatoms. The number of nitrogens with two attached hydrogens (primary N) is 1. The van der Waals surface area contributed by atoms with E-state index >= 15 is 0 Å². The largest absolute Gasteiger partial charge is 0.461 e. The number of imidazole rings is 1. The van der Waals surface area contributed by atoms with E-state index in [0.29, 0.717) is 5.56 Å². The summed E-state index contributed by atoms with van der Waals surface area (Å²) in [7, 11) is 0. The summed E-state index contributed by atoms with van der Waals surface area (Å²) in [5.74, 6) is -6.31. The molecule has 2 aromatic rings. The maximum absolute atomic E-state index is 13.7. The highest BCUT2D eigenvalue weighted by Gasteiger charge is 2.62. The van der Waals surface area contributed by atoms with E-state index in [0.717, 1.165) is 4.57 Å². The summed E-state index contributed by atoms with van der Waals surface area (Å²) >= 11 is 0. The van der Waals surface area contributed by atoms with Gasteiger partial charge in [-0.05, 0) is 31.5 Å². The smallest absolute Gasteiger partial charge is 0.326 e. The highest BCUT2D eigenvalue weighted by Crippen LogP contribution is 2.45. The van der Waals surface area contributed by atoms with Gasteiger partial charge >= 0.3 is 12.1 Å². The van der Waals surface area contributed by atoms with Crippen LogP contribution in [0.4, 0.5) is 22.0 Å². The lowest BCUT2D eigenvalue weighted by Gasteiger charge is -2.22. The van der Waals surface area contributed by atoms with Crippen molar-refractivity contribution in [3.8, 4) is 0 Å². The fourth-order valence-electron chi connectivity index (χ4n) is 2.14. The third-order valence-corrected chi connectivity index (χ3v) is 3.14. The van der Waals surface area contributed by atoms with Gasteiger partial charge in [-0.15, -0.1) is 0 Å². The van der Waals surface area contributed by atoms with Crippen molar-refractivity contribution in [2.45, 2.75) is 38.5 Å². The molecule has 1 aromatic heterocycles. The van der Waals surface area contributed by atoms with Crippen molar-refractivity contribution in [2.75, 3.05) is 0 Å². The fraction of sp³-hybridized carbons (Fsp3) is 0.462. The normalized spacial score (nSPS) is 13.4. The number of rotatable bonds is 3. The fourth-order valence-corrected chi connectivity index (χ4v) is 2.14. The van der Waals surface area contributed by atoms with Crippen LogP contribution < -0.4 is 5.73 Å². The summed E-state index contributed by atoms with van der Waals surface area (Å²) in [5, 5.41) is 0. The summed E-state index contributed by atoms with van der Waals surface area (Å²) in [5.41, 5.74) is 6.34. The van der Waals surface area contributed by atoms with Crippen LogP contribution >= 0.6 is 0 Å². The maximum atomic E-state index is 13.7. The molecule has 0 spiro atoms. The molecule has 2 rings (SSSR count). The molecule has 0 aliphatic rings. The van der Waals surface area contributed by atoms with Gasteiger partial charge in [0.2, 0.25) is 0 Å². The molecular formula is C13H14F5N3. The molecule has 0 aliphatic carbocycles. The Bertz CT molecular complexity index is 658. The van der Waals surface area contributed by atoms with Gasteiger partial charge in [0, 0.05) is 12.6 Å². The monoisotopic (exact) mass is 307 g/mol. The van der Waals surface area contributed by atoms with E-state index in [1.807, 2.05) is 0 Å². The van der Waals surface area contributed by atoms with Crippen LogP contribution in [0.25, 0.3) is 11.0 Å². The summed E-state index contributed by atoms with van der Waals surface area (Å²) < 4.78 is 66.1. The average molecular weight is 307 g/mol. The van der Waals surface area contributed by atoms with E-state index in [1.54, 1.807) is 6.07 Å². The Labute approximate surface area is 117 Å². The Hall–Kier alpha value is -1.70. The number of halogens is 5. The standard InChI is InChI=1S/C13H14F5N3/c1-7(2)21-10-4-3-8(6-19)5-9(10)20-11(21)12(14,15)13(16,17)18/h3-5,7H,6,19H2,1-2H3. The number of fused-ring (bicyclic) bond motifs is 1. The SMILES string of the molecule is CC(C)n1c(C(F)(F)C(F)(F)F)nc2cc(CN)ccc21. The molecular weight excluding hydrogens is 293 g/mol. The predicted molar refractivity (Wildman–Crippen MR) is 68.0 cm³/mol. The Morgan fingerprint density at radius 1 is 1.19 bits per heavy atom. The van der Waals surface area contributed by atoms with Crippen LogP contribution in [0.2, 0.25) is 0 Å². The van der Waals surface area contributed by atoms with Crippen LogP contribution in [0, 0.1) is 0 Å². The van der Waals surface area contributed by atoms with Crippen molar-refractivity contribution >= 4 is 11.0 Å². The van der Waals surface area contributed by atoms with E-state index < -0.39 is 24.0 Å². The number of alkyl halides is 5. The first-order valence-corrected chi connectivity index (χ1v) is 6.25. The quantitative estimate of drug-likeness (QED) is 0.878. The zero-order chi connectivity index (χ0) is 16.0. The number of hydrogen-bond acceptors (Lipinski definition) is 2. The van der Waals surface area contributed by atoms with Crippen molar-refractivity contribution < 1.29 is 22.0 Å². The molecule has 0 aliphatic heterocycles. The highest BCUT2D eigenvalue weighted by atomic mass is 19.4. The molecule has 0 unspecified atom stereocenters. The molecule has 2 N–H and O–H groups in total. The molecule has 1 aromatic carbocycles.